The van der Waals surface area contributed by atoms with Crippen molar-refractivity contribution in [2.75, 3.05) is 24.9 Å². The second-order valence-electron chi connectivity index (χ2n) is 3.04. The van der Waals surface area contributed by atoms with Gasteiger partial charge >= 0.3 is 0 Å². The van der Waals surface area contributed by atoms with E-state index in [9.17, 15) is 8.42 Å². The second-order valence-corrected chi connectivity index (χ2v) is 5.32. The number of anilines is 1. The molecule has 0 saturated carbocycles. The minimum absolute atomic E-state index is 0.123. The SMILES string of the molecule is CCS(=O)(=O)c1ccc(NCOC)cc1. The van der Waals surface area contributed by atoms with E-state index < -0.39 is 9.84 Å². The number of hydrogen-bond acceptors (Lipinski definition) is 4. The van der Waals surface area contributed by atoms with Crippen molar-refractivity contribution in [2.24, 2.45) is 0 Å². The van der Waals surface area contributed by atoms with Gasteiger partial charge in [-0.1, -0.05) is 6.92 Å². The molecule has 0 aliphatic rings. The smallest absolute Gasteiger partial charge is 0.178 e. The van der Waals surface area contributed by atoms with Crippen LogP contribution in [0.25, 0.3) is 0 Å². The summed E-state index contributed by atoms with van der Waals surface area (Å²) in [7, 11) is -1.51. The molecule has 4 nitrogen and oxygen atoms in total. The highest BCUT2D eigenvalue weighted by atomic mass is 32.2. The molecule has 5 heteroatoms. The zero-order valence-electron chi connectivity index (χ0n) is 8.86. The Balaban J connectivity index is 2.81. The van der Waals surface area contributed by atoms with Gasteiger partial charge in [0.25, 0.3) is 0 Å². The molecule has 0 atom stereocenters. The summed E-state index contributed by atoms with van der Waals surface area (Å²) in [6.07, 6.45) is 0. The maximum Gasteiger partial charge on any atom is 0.178 e. The van der Waals surface area contributed by atoms with Gasteiger partial charge in [0.15, 0.2) is 9.84 Å². The first-order chi connectivity index (χ1) is 7.10. The molecule has 1 aromatic rings. The monoisotopic (exact) mass is 229 g/mol. The lowest BCUT2D eigenvalue weighted by atomic mass is 10.3. The van der Waals surface area contributed by atoms with Gasteiger partial charge in [0, 0.05) is 12.8 Å². The van der Waals surface area contributed by atoms with Crippen LogP contribution in [0.3, 0.4) is 0 Å². The van der Waals surface area contributed by atoms with Crippen molar-refractivity contribution < 1.29 is 13.2 Å². The van der Waals surface area contributed by atoms with E-state index in [0.717, 1.165) is 5.69 Å². The van der Waals surface area contributed by atoms with E-state index in [1.807, 2.05) is 0 Å². The highest BCUT2D eigenvalue weighted by Crippen LogP contribution is 2.14. The number of rotatable bonds is 5. The third kappa shape index (κ3) is 3.21. The number of nitrogens with one attached hydrogen (secondary N) is 1. The van der Waals surface area contributed by atoms with Crippen molar-refractivity contribution in [3.8, 4) is 0 Å². The van der Waals surface area contributed by atoms with Crippen molar-refractivity contribution in [1.82, 2.24) is 0 Å². The highest BCUT2D eigenvalue weighted by Gasteiger charge is 2.10. The summed E-state index contributed by atoms with van der Waals surface area (Å²) in [5, 5.41) is 2.97. The molecule has 0 unspecified atom stereocenters. The van der Waals surface area contributed by atoms with Crippen LogP contribution in [-0.2, 0) is 14.6 Å². The number of hydrogen-bond donors (Lipinski definition) is 1. The van der Waals surface area contributed by atoms with Crippen LogP contribution in [0.5, 0.6) is 0 Å². The zero-order chi connectivity index (χ0) is 11.3. The number of methoxy groups -OCH3 is 1. The molecule has 0 saturated heterocycles. The van der Waals surface area contributed by atoms with Gasteiger partial charge in [-0.05, 0) is 24.3 Å². The van der Waals surface area contributed by atoms with Gasteiger partial charge in [-0.25, -0.2) is 8.42 Å². The van der Waals surface area contributed by atoms with Gasteiger partial charge in [-0.3, -0.25) is 0 Å². The molecule has 0 spiro atoms. The van der Waals surface area contributed by atoms with Gasteiger partial charge in [-0.15, -0.1) is 0 Å². The first-order valence-corrected chi connectivity index (χ1v) is 6.31. The molecule has 0 aromatic heterocycles. The minimum Gasteiger partial charge on any atom is -0.365 e. The van der Waals surface area contributed by atoms with Gasteiger partial charge in [0.2, 0.25) is 0 Å². The molecule has 0 aliphatic heterocycles. The quantitative estimate of drug-likeness (QED) is 0.777. The highest BCUT2D eigenvalue weighted by molar-refractivity contribution is 7.91. The predicted molar refractivity (Wildman–Crippen MR) is 59.7 cm³/mol. The van der Waals surface area contributed by atoms with Crippen LogP contribution in [0.4, 0.5) is 5.69 Å². The number of sulfone groups is 1. The topological polar surface area (TPSA) is 55.4 Å². The van der Waals surface area contributed by atoms with Crippen LogP contribution >= 0.6 is 0 Å². The molecule has 1 rings (SSSR count). The maximum absolute atomic E-state index is 11.5. The Labute approximate surface area is 90.2 Å². The van der Waals surface area contributed by atoms with E-state index in [2.05, 4.69) is 5.32 Å². The van der Waals surface area contributed by atoms with E-state index in [-0.39, 0.29) is 5.75 Å². The van der Waals surface area contributed by atoms with Crippen LogP contribution in [0, 0.1) is 0 Å². The van der Waals surface area contributed by atoms with Crippen molar-refractivity contribution in [1.29, 1.82) is 0 Å². The van der Waals surface area contributed by atoms with E-state index in [4.69, 9.17) is 4.74 Å². The Morgan fingerprint density at radius 1 is 1.27 bits per heavy atom. The van der Waals surface area contributed by atoms with Crippen LogP contribution < -0.4 is 5.32 Å². The summed E-state index contributed by atoms with van der Waals surface area (Å²) in [5.41, 5.74) is 0.840. The Bertz CT molecular complexity index is 397. The maximum atomic E-state index is 11.5. The first-order valence-electron chi connectivity index (χ1n) is 4.66. The summed E-state index contributed by atoms with van der Waals surface area (Å²) >= 11 is 0. The largest absolute Gasteiger partial charge is 0.365 e. The van der Waals surface area contributed by atoms with Crippen LogP contribution in [0.15, 0.2) is 29.2 Å². The number of benzene rings is 1. The van der Waals surface area contributed by atoms with E-state index >= 15 is 0 Å². The third-order valence-corrected chi connectivity index (χ3v) is 3.76. The Morgan fingerprint density at radius 2 is 1.87 bits per heavy atom. The molecule has 84 valence electrons. The second kappa shape index (κ2) is 5.14. The first kappa shape index (κ1) is 12.0. The summed E-state index contributed by atoms with van der Waals surface area (Å²) in [4.78, 5) is 0.355. The predicted octanol–water partition coefficient (Wildman–Crippen LogP) is 1.50. The van der Waals surface area contributed by atoms with Gasteiger partial charge in [0.1, 0.15) is 6.73 Å². The van der Waals surface area contributed by atoms with E-state index in [1.54, 1.807) is 38.3 Å². The average molecular weight is 229 g/mol. The number of ether oxygens (including phenoxy) is 1. The normalized spacial score (nSPS) is 11.3. The molecule has 1 aromatic carbocycles. The lowest BCUT2D eigenvalue weighted by Crippen LogP contribution is -2.05. The summed E-state index contributed by atoms with van der Waals surface area (Å²) in [6.45, 7) is 2.03. The van der Waals surface area contributed by atoms with Gasteiger partial charge < -0.3 is 10.1 Å². The minimum atomic E-state index is -3.09. The molecular weight excluding hydrogens is 214 g/mol. The van der Waals surface area contributed by atoms with Crippen molar-refractivity contribution in [3.05, 3.63) is 24.3 Å². The Hall–Kier alpha value is -1.07. The van der Waals surface area contributed by atoms with E-state index in [1.165, 1.54) is 0 Å². The Morgan fingerprint density at radius 3 is 2.33 bits per heavy atom. The molecule has 0 amide bonds. The van der Waals surface area contributed by atoms with Gasteiger partial charge in [-0.2, -0.15) is 0 Å². The van der Waals surface area contributed by atoms with Crippen molar-refractivity contribution in [2.45, 2.75) is 11.8 Å². The zero-order valence-corrected chi connectivity index (χ0v) is 9.67. The fourth-order valence-electron chi connectivity index (χ4n) is 1.10. The lowest BCUT2D eigenvalue weighted by Gasteiger charge is -2.06. The Kier molecular flexibility index (Phi) is 4.11. The van der Waals surface area contributed by atoms with Crippen molar-refractivity contribution in [3.63, 3.8) is 0 Å². The molecule has 1 N–H and O–H groups in total. The van der Waals surface area contributed by atoms with E-state index in [0.29, 0.717) is 11.6 Å². The summed E-state index contributed by atoms with van der Waals surface area (Å²) < 4.78 is 27.8. The lowest BCUT2D eigenvalue weighted by molar-refractivity contribution is 0.221. The molecule has 0 aliphatic carbocycles. The standard InChI is InChI=1S/C10H15NO3S/c1-3-15(12,13)10-6-4-9(5-7-10)11-8-14-2/h4-7,11H,3,8H2,1-2H3. The summed E-state index contributed by atoms with van der Waals surface area (Å²) in [5.74, 6) is 0.123. The molecular formula is C10H15NO3S. The fraction of sp³-hybridized carbons (Fsp3) is 0.400. The van der Waals surface area contributed by atoms with Crippen LogP contribution in [0.1, 0.15) is 6.92 Å². The molecule has 0 heterocycles. The van der Waals surface area contributed by atoms with Crippen LogP contribution in [0.2, 0.25) is 0 Å². The summed E-state index contributed by atoms with van der Waals surface area (Å²) in [6, 6.07) is 6.64. The van der Waals surface area contributed by atoms with Crippen molar-refractivity contribution >= 4 is 15.5 Å². The molecule has 0 fully saturated rings. The fourth-order valence-corrected chi connectivity index (χ4v) is 1.99. The average Bonchev–Trinajstić information content (AvgIpc) is 2.27. The third-order valence-electron chi connectivity index (χ3n) is 2.01. The molecule has 0 radical (unpaired) electrons. The molecule has 15 heavy (non-hydrogen) atoms. The van der Waals surface area contributed by atoms with Gasteiger partial charge in [0.05, 0.1) is 10.6 Å². The molecule has 0 bridgehead atoms. The van der Waals surface area contributed by atoms with Crippen LogP contribution in [-0.4, -0.2) is 28.0 Å².